The van der Waals surface area contributed by atoms with E-state index in [0.717, 1.165) is 0 Å². The predicted octanol–water partition coefficient (Wildman–Crippen LogP) is 5.28. The van der Waals surface area contributed by atoms with Gasteiger partial charge in [0.1, 0.15) is 11.8 Å². The van der Waals surface area contributed by atoms with Gasteiger partial charge in [-0.25, -0.2) is 24.5 Å². The third-order valence-electron chi connectivity index (χ3n) is 5.26. The Bertz CT molecular complexity index is 1290. The molecule has 0 atom stereocenters. The van der Waals surface area contributed by atoms with Crippen molar-refractivity contribution < 1.29 is 19.2 Å². The van der Waals surface area contributed by atoms with Crippen molar-refractivity contribution >= 4 is 40.5 Å². The number of nitriles is 1. The van der Waals surface area contributed by atoms with E-state index >= 15 is 0 Å². The molecule has 12 heteroatoms. The number of anilines is 2. The molecule has 1 aliphatic rings. The molecule has 36 heavy (non-hydrogen) atoms. The van der Waals surface area contributed by atoms with Crippen LogP contribution in [-0.2, 0) is 14.5 Å². The highest BCUT2D eigenvalue weighted by atomic mass is 35.5. The Morgan fingerprint density at radius 2 is 1.83 bits per heavy atom. The number of halogens is 2. The number of rotatable bonds is 6. The number of ether oxygens (including phenoxy) is 1. The molecule has 1 aromatic heterocycles. The number of benzene rings is 2. The third kappa shape index (κ3) is 6.06. The number of hydroxylamine groups is 2. The molecule has 0 aliphatic carbocycles. The summed E-state index contributed by atoms with van der Waals surface area (Å²) in [5, 5.41) is 21.0. The standard InChI is InChI=1S/C24H24Cl2N6O4/c1-24(2,3)10-9-22(33)36-23-16(12-27)5-4-6-19(23)31-14-35-32(15-34-31)20-11-17(25)7-8-18(20)30-13-21(26)28-29-30/h4-8,11,13H,9-10,14-15H2,1-3H3. The Morgan fingerprint density at radius 3 is 2.44 bits per heavy atom. The van der Waals surface area contributed by atoms with Crippen molar-refractivity contribution in [3.05, 3.63) is 58.3 Å². The maximum Gasteiger partial charge on any atom is 0.311 e. The van der Waals surface area contributed by atoms with Gasteiger partial charge in [0.25, 0.3) is 0 Å². The number of hydrogen-bond donors (Lipinski definition) is 0. The number of carbonyl (C=O) groups is 1. The molecule has 10 nitrogen and oxygen atoms in total. The zero-order valence-corrected chi connectivity index (χ0v) is 21.5. The molecule has 4 rings (SSSR count). The van der Waals surface area contributed by atoms with E-state index < -0.39 is 5.97 Å². The summed E-state index contributed by atoms with van der Waals surface area (Å²) >= 11 is 12.2. The van der Waals surface area contributed by atoms with Crippen LogP contribution in [0.15, 0.2) is 42.6 Å². The van der Waals surface area contributed by atoms with Crippen LogP contribution >= 0.6 is 23.2 Å². The van der Waals surface area contributed by atoms with Crippen LogP contribution in [0.1, 0.15) is 39.2 Å². The average Bonchev–Trinajstić information content (AvgIpc) is 3.28. The van der Waals surface area contributed by atoms with Gasteiger partial charge in [0.05, 0.1) is 23.1 Å². The highest BCUT2D eigenvalue weighted by Gasteiger charge is 2.27. The van der Waals surface area contributed by atoms with Gasteiger partial charge in [-0.1, -0.05) is 55.3 Å². The van der Waals surface area contributed by atoms with E-state index in [1.165, 1.54) is 14.8 Å². The van der Waals surface area contributed by atoms with Gasteiger partial charge in [-0.2, -0.15) is 5.26 Å². The Labute approximate surface area is 218 Å². The van der Waals surface area contributed by atoms with E-state index in [-0.39, 0.29) is 41.8 Å². The second-order valence-electron chi connectivity index (χ2n) is 9.19. The first-order chi connectivity index (χ1) is 17.1. The van der Waals surface area contributed by atoms with E-state index in [1.54, 1.807) is 42.6 Å². The third-order valence-corrected chi connectivity index (χ3v) is 5.67. The Balaban J connectivity index is 1.53. The molecule has 0 saturated carbocycles. The lowest BCUT2D eigenvalue weighted by molar-refractivity contribution is -0.135. The van der Waals surface area contributed by atoms with E-state index in [4.69, 9.17) is 37.6 Å². The van der Waals surface area contributed by atoms with Crippen LogP contribution in [0, 0.1) is 16.7 Å². The molecule has 1 aliphatic heterocycles. The molecule has 188 valence electrons. The van der Waals surface area contributed by atoms with E-state index in [9.17, 15) is 10.1 Å². The van der Waals surface area contributed by atoms with Crippen LogP contribution in [-0.4, -0.2) is 34.4 Å². The predicted molar refractivity (Wildman–Crippen MR) is 134 cm³/mol. The first kappa shape index (κ1) is 25.7. The highest BCUT2D eigenvalue weighted by Crippen LogP contribution is 2.36. The molecule has 0 bridgehead atoms. The summed E-state index contributed by atoms with van der Waals surface area (Å²) in [4.78, 5) is 24.4. The fourth-order valence-corrected chi connectivity index (χ4v) is 3.70. The van der Waals surface area contributed by atoms with Crippen molar-refractivity contribution in [2.24, 2.45) is 5.41 Å². The number of para-hydroxylation sites is 1. The van der Waals surface area contributed by atoms with E-state index in [2.05, 4.69) is 16.4 Å². The van der Waals surface area contributed by atoms with Gasteiger partial charge in [-0.15, -0.1) is 5.10 Å². The first-order valence-corrected chi connectivity index (χ1v) is 11.8. The summed E-state index contributed by atoms with van der Waals surface area (Å²) < 4.78 is 7.12. The van der Waals surface area contributed by atoms with Gasteiger partial charge in [0.15, 0.2) is 24.4 Å². The van der Waals surface area contributed by atoms with Gasteiger partial charge < -0.3 is 4.74 Å². The fourth-order valence-electron chi connectivity index (χ4n) is 3.41. The minimum Gasteiger partial charge on any atom is -0.423 e. The topological polar surface area (TPSA) is 106 Å². The van der Waals surface area contributed by atoms with Gasteiger partial charge in [-0.05, 0) is 42.2 Å². The summed E-state index contributed by atoms with van der Waals surface area (Å²) in [5.74, 6) is -0.305. The van der Waals surface area contributed by atoms with Crippen molar-refractivity contribution in [2.75, 3.05) is 23.6 Å². The molecule has 1 saturated heterocycles. The summed E-state index contributed by atoms with van der Waals surface area (Å²) in [7, 11) is 0. The quantitative estimate of drug-likeness (QED) is 0.310. The van der Waals surface area contributed by atoms with Gasteiger partial charge in [0, 0.05) is 11.4 Å². The molecule has 2 aromatic carbocycles. The van der Waals surface area contributed by atoms with Crippen LogP contribution in [0.5, 0.6) is 5.75 Å². The van der Waals surface area contributed by atoms with Crippen molar-refractivity contribution in [1.82, 2.24) is 15.0 Å². The summed E-state index contributed by atoms with van der Waals surface area (Å²) in [6.45, 7) is 6.03. The maximum atomic E-state index is 12.5. The van der Waals surface area contributed by atoms with Crippen molar-refractivity contribution in [2.45, 2.75) is 33.6 Å². The van der Waals surface area contributed by atoms with Gasteiger partial charge in [-0.3, -0.25) is 4.79 Å². The number of carbonyl (C=O) groups excluding carboxylic acids is 1. The average molecular weight is 531 g/mol. The number of nitrogens with zero attached hydrogens (tertiary/aromatic N) is 6. The molecule has 0 unspecified atom stereocenters. The second-order valence-corrected chi connectivity index (χ2v) is 10.0. The molecule has 0 amide bonds. The molecular weight excluding hydrogens is 507 g/mol. The van der Waals surface area contributed by atoms with E-state index in [0.29, 0.717) is 28.5 Å². The van der Waals surface area contributed by atoms with Gasteiger partial charge in [0.2, 0.25) is 0 Å². The Morgan fingerprint density at radius 1 is 1.11 bits per heavy atom. The number of esters is 1. The second kappa shape index (κ2) is 10.7. The normalized spacial score (nSPS) is 14.0. The van der Waals surface area contributed by atoms with E-state index in [1.807, 2.05) is 20.8 Å². The van der Waals surface area contributed by atoms with Crippen LogP contribution in [0.2, 0.25) is 10.2 Å². The molecule has 0 N–H and O–H groups in total. The summed E-state index contributed by atoms with van der Waals surface area (Å²) in [6, 6.07) is 12.2. The highest BCUT2D eigenvalue weighted by molar-refractivity contribution is 6.31. The lowest BCUT2D eigenvalue weighted by Gasteiger charge is -2.36. The number of aromatic nitrogens is 3. The lowest BCUT2D eigenvalue weighted by Crippen LogP contribution is -2.43. The largest absolute Gasteiger partial charge is 0.423 e. The molecule has 0 spiro atoms. The maximum absolute atomic E-state index is 12.5. The lowest BCUT2D eigenvalue weighted by atomic mass is 9.91. The molecule has 2 heterocycles. The minimum absolute atomic E-state index is 0.0272. The summed E-state index contributed by atoms with van der Waals surface area (Å²) in [6.07, 6.45) is 2.42. The van der Waals surface area contributed by atoms with Crippen LogP contribution < -0.4 is 14.9 Å². The van der Waals surface area contributed by atoms with Gasteiger partial charge >= 0.3 is 5.97 Å². The zero-order valence-electron chi connectivity index (χ0n) is 19.9. The minimum atomic E-state index is -0.427. The van der Waals surface area contributed by atoms with Crippen LogP contribution in [0.4, 0.5) is 11.4 Å². The van der Waals surface area contributed by atoms with Crippen LogP contribution in [0.25, 0.3) is 5.69 Å². The smallest absolute Gasteiger partial charge is 0.311 e. The SMILES string of the molecule is CC(C)(C)CCC(=O)Oc1c(C#N)cccc1N1CON(c2cc(Cl)ccc2-n2cc(Cl)nn2)CO1. The molecule has 1 fully saturated rings. The van der Waals surface area contributed by atoms with Crippen LogP contribution in [0.3, 0.4) is 0 Å². The first-order valence-electron chi connectivity index (χ1n) is 11.1. The molecule has 0 radical (unpaired) electrons. The van der Waals surface area contributed by atoms with Crippen molar-refractivity contribution in [3.63, 3.8) is 0 Å². The molecular formula is C24H24Cl2N6O4. The zero-order chi connectivity index (χ0) is 25.9. The van der Waals surface area contributed by atoms with Crippen molar-refractivity contribution in [3.8, 4) is 17.5 Å². The Kier molecular flexibility index (Phi) is 7.66. The van der Waals surface area contributed by atoms with Crippen molar-refractivity contribution in [1.29, 1.82) is 5.26 Å². The Hall–Kier alpha value is -3.36. The molecule has 3 aromatic rings. The summed E-state index contributed by atoms with van der Waals surface area (Å²) in [5.41, 5.74) is 1.77. The monoisotopic (exact) mass is 530 g/mol. The number of hydrogen-bond acceptors (Lipinski definition) is 9. The fraction of sp³-hybridized carbons (Fsp3) is 0.333.